The summed E-state index contributed by atoms with van der Waals surface area (Å²) in [5.74, 6) is -0.261. The number of hydrazone groups is 1. The van der Waals surface area contributed by atoms with E-state index in [4.69, 9.17) is 0 Å². The Balaban J connectivity index is 1.98. The summed E-state index contributed by atoms with van der Waals surface area (Å²) in [5.41, 5.74) is 3.88. The van der Waals surface area contributed by atoms with Gasteiger partial charge in [-0.1, -0.05) is 28.1 Å². The average Bonchev–Trinajstić information content (AvgIpc) is 2.40. The van der Waals surface area contributed by atoms with E-state index < -0.39 is 0 Å². The first kappa shape index (κ1) is 12.4. The maximum Gasteiger partial charge on any atom is 0.271 e. The van der Waals surface area contributed by atoms with Gasteiger partial charge in [0.1, 0.15) is 0 Å². The third-order valence-corrected chi connectivity index (χ3v) is 2.66. The van der Waals surface area contributed by atoms with Crippen LogP contribution in [-0.2, 0) is 0 Å². The highest BCUT2D eigenvalue weighted by Crippen LogP contribution is 2.09. The molecule has 2 rings (SSSR count). The molecule has 18 heavy (non-hydrogen) atoms. The molecular formula is C13H10BrN3O. The van der Waals surface area contributed by atoms with E-state index >= 15 is 0 Å². The average molecular weight is 304 g/mol. The molecular weight excluding hydrogens is 294 g/mol. The van der Waals surface area contributed by atoms with Gasteiger partial charge >= 0.3 is 0 Å². The molecule has 5 heteroatoms. The van der Waals surface area contributed by atoms with Crippen LogP contribution in [-0.4, -0.2) is 17.1 Å². The van der Waals surface area contributed by atoms with Crippen molar-refractivity contribution >= 4 is 28.1 Å². The van der Waals surface area contributed by atoms with Crippen LogP contribution in [0.2, 0.25) is 0 Å². The fourth-order valence-electron chi connectivity index (χ4n) is 1.32. The number of rotatable bonds is 3. The van der Waals surface area contributed by atoms with Crippen molar-refractivity contribution in [1.29, 1.82) is 0 Å². The van der Waals surface area contributed by atoms with Crippen molar-refractivity contribution in [2.24, 2.45) is 5.10 Å². The molecule has 0 aliphatic rings. The van der Waals surface area contributed by atoms with Crippen molar-refractivity contribution < 1.29 is 4.79 Å². The van der Waals surface area contributed by atoms with Crippen LogP contribution in [0.1, 0.15) is 15.9 Å². The number of amides is 1. The summed E-state index contributed by atoms with van der Waals surface area (Å²) in [6, 6.07) is 10.9. The Morgan fingerprint density at radius 1 is 1.28 bits per heavy atom. The van der Waals surface area contributed by atoms with E-state index in [0.717, 1.165) is 10.0 Å². The zero-order chi connectivity index (χ0) is 12.8. The first-order chi connectivity index (χ1) is 8.75. The van der Waals surface area contributed by atoms with Gasteiger partial charge in [0.05, 0.1) is 6.21 Å². The lowest BCUT2D eigenvalue weighted by atomic mass is 10.2. The predicted octanol–water partition coefficient (Wildman–Crippen LogP) is 2.61. The summed E-state index contributed by atoms with van der Waals surface area (Å²) in [6.07, 6.45) is 4.71. The largest absolute Gasteiger partial charge is 0.271 e. The van der Waals surface area contributed by atoms with Gasteiger partial charge in [-0.3, -0.25) is 9.78 Å². The number of carbonyl (C=O) groups excluding carboxylic acids is 1. The summed E-state index contributed by atoms with van der Waals surface area (Å²) in [5, 5.41) is 3.89. The number of carbonyl (C=O) groups is 1. The first-order valence-corrected chi connectivity index (χ1v) is 6.04. The number of hydrogen-bond acceptors (Lipinski definition) is 3. The molecule has 0 saturated heterocycles. The molecule has 1 heterocycles. The molecule has 0 fully saturated rings. The SMILES string of the molecule is O=C(NN=Cc1cccc(Br)c1)c1ccncc1. The summed E-state index contributed by atoms with van der Waals surface area (Å²) in [6.45, 7) is 0. The monoisotopic (exact) mass is 303 g/mol. The van der Waals surface area contributed by atoms with Crippen molar-refractivity contribution in [2.45, 2.75) is 0 Å². The standard InChI is InChI=1S/C13H10BrN3O/c14-12-3-1-2-10(8-12)9-16-17-13(18)11-4-6-15-7-5-11/h1-9H,(H,17,18). The molecule has 0 radical (unpaired) electrons. The fourth-order valence-corrected chi connectivity index (χ4v) is 1.74. The van der Waals surface area contributed by atoms with Crippen LogP contribution in [0.25, 0.3) is 0 Å². The zero-order valence-electron chi connectivity index (χ0n) is 9.38. The summed E-state index contributed by atoms with van der Waals surface area (Å²) in [4.78, 5) is 15.5. The van der Waals surface area contributed by atoms with Crippen molar-refractivity contribution in [3.8, 4) is 0 Å². The second kappa shape index (κ2) is 6.07. The summed E-state index contributed by atoms with van der Waals surface area (Å²) >= 11 is 3.36. The number of nitrogens with one attached hydrogen (secondary N) is 1. The van der Waals surface area contributed by atoms with E-state index in [-0.39, 0.29) is 5.91 Å². The highest BCUT2D eigenvalue weighted by atomic mass is 79.9. The molecule has 1 aromatic heterocycles. The molecule has 1 amide bonds. The minimum absolute atomic E-state index is 0.261. The molecule has 0 aliphatic carbocycles. The van der Waals surface area contributed by atoms with Crippen LogP contribution in [0.5, 0.6) is 0 Å². The molecule has 0 bridgehead atoms. The summed E-state index contributed by atoms with van der Waals surface area (Å²) in [7, 11) is 0. The lowest BCUT2D eigenvalue weighted by Gasteiger charge is -1.98. The van der Waals surface area contributed by atoms with Crippen LogP contribution in [0.4, 0.5) is 0 Å². The highest BCUT2D eigenvalue weighted by molar-refractivity contribution is 9.10. The van der Waals surface area contributed by atoms with Gasteiger partial charge in [-0.05, 0) is 29.8 Å². The van der Waals surface area contributed by atoms with Crippen LogP contribution in [0.3, 0.4) is 0 Å². The second-order valence-electron chi connectivity index (χ2n) is 3.49. The van der Waals surface area contributed by atoms with Crippen LogP contribution < -0.4 is 5.43 Å². The quantitative estimate of drug-likeness (QED) is 0.700. The number of nitrogens with zero attached hydrogens (tertiary/aromatic N) is 2. The Labute approximate surface area is 113 Å². The lowest BCUT2D eigenvalue weighted by Crippen LogP contribution is -2.17. The molecule has 0 saturated carbocycles. The second-order valence-corrected chi connectivity index (χ2v) is 4.41. The van der Waals surface area contributed by atoms with Gasteiger partial charge in [-0.15, -0.1) is 0 Å². The Hall–Kier alpha value is -2.01. The number of aromatic nitrogens is 1. The van der Waals surface area contributed by atoms with Crippen molar-refractivity contribution in [1.82, 2.24) is 10.4 Å². The van der Waals surface area contributed by atoms with E-state index in [0.29, 0.717) is 5.56 Å². The van der Waals surface area contributed by atoms with E-state index in [1.807, 2.05) is 24.3 Å². The smallest absolute Gasteiger partial charge is 0.267 e. The van der Waals surface area contributed by atoms with Crippen molar-refractivity contribution in [3.05, 3.63) is 64.4 Å². The Kier molecular flexibility index (Phi) is 4.20. The van der Waals surface area contributed by atoms with E-state index in [2.05, 4.69) is 31.4 Å². The normalized spacial score (nSPS) is 10.5. The number of hydrogen-bond donors (Lipinski definition) is 1. The number of benzene rings is 1. The minimum Gasteiger partial charge on any atom is -0.267 e. The molecule has 1 aromatic carbocycles. The van der Waals surface area contributed by atoms with E-state index in [1.165, 1.54) is 0 Å². The lowest BCUT2D eigenvalue weighted by molar-refractivity contribution is 0.0955. The number of halogens is 1. The van der Waals surface area contributed by atoms with Gasteiger partial charge < -0.3 is 0 Å². The molecule has 0 aliphatic heterocycles. The third-order valence-electron chi connectivity index (χ3n) is 2.17. The zero-order valence-corrected chi connectivity index (χ0v) is 11.0. The van der Waals surface area contributed by atoms with Crippen LogP contribution in [0, 0.1) is 0 Å². The van der Waals surface area contributed by atoms with Gasteiger partial charge in [-0.2, -0.15) is 5.10 Å². The first-order valence-electron chi connectivity index (χ1n) is 5.25. The summed E-state index contributed by atoms with van der Waals surface area (Å²) < 4.78 is 0.965. The molecule has 0 unspecified atom stereocenters. The van der Waals surface area contributed by atoms with Crippen molar-refractivity contribution in [2.75, 3.05) is 0 Å². The molecule has 1 N–H and O–H groups in total. The van der Waals surface area contributed by atoms with Gasteiger partial charge in [0.25, 0.3) is 5.91 Å². The van der Waals surface area contributed by atoms with Gasteiger partial charge in [0.15, 0.2) is 0 Å². The van der Waals surface area contributed by atoms with Crippen LogP contribution in [0.15, 0.2) is 58.4 Å². The molecule has 2 aromatic rings. The van der Waals surface area contributed by atoms with E-state index in [9.17, 15) is 4.79 Å². The molecule has 4 nitrogen and oxygen atoms in total. The van der Waals surface area contributed by atoms with Gasteiger partial charge in [0, 0.05) is 22.4 Å². The van der Waals surface area contributed by atoms with Crippen molar-refractivity contribution in [3.63, 3.8) is 0 Å². The third kappa shape index (κ3) is 3.49. The van der Waals surface area contributed by atoms with Gasteiger partial charge in [0.2, 0.25) is 0 Å². The van der Waals surface area contributed by atoms with Crippen LogP contribution >= 0.6 is 15.9 Å². The number of pyridine rings is 1. The molecule has 90 valence electrons. The maximum atomic E-state index is 11.6. The predicted molar refractivity (Wildman–Crippen MR) is 73.4 cm³/mol. The maximum absolute atomic E-state index is 11.6. The topological polar surface area (TPSA) is 54.4 Å². The highest BCUT2D eigenvalue weighted by Gasteiger charge is 2.01. The fraction of sp³-hybridized carbons (Fsp3) is 0. The molecule has 0 atom stereocenters. The Morgan fingerprint density at radius 3 is 2.78 bits per heavy atom. The Morgan fingerprint density at radius 2 is 2.06 bits per heavy atom. The molecule has 0 spiro atoms. The minimum atomic E-state index is -0.261. The Bertz CT molecular complexity index is 569. The van der Waals surface area contributed by atoms with E-state index in [1.54, 1.807) is 30.7 Å². The van der Waals surface area contributed by atoms with Gasteiger partial charge in [-0.25, -0.2) is 5.43 Å².